The number of carbonyl (C=O) groups excluding carboxylic acids is 1. The lowest BCUT2D eigenvalue weighted by Gasteiger charge is -2.35. The molecule has 0 aliphatic carbocycles. The van der Waals surface area contributed by atoms with Crippen molar-refractivity contribution >= 4 is 38.8 Å². The summed E-state index contributed by atoms with van der Waals surface area (Å²) in [6, 6.07) is 16.6. The van der Waals surface area contributed by atoms with Gasteiger partial charge in [0.25, 0.3) is 5.91 Å². The van der Waals surface area contributed by atoms with E-state index < -0.39 is 0 Å². The van der Waals surface area contributed by atoms with Crippen LogP contribution in [-0.4, -0.2) is 53.3 Å². The predicted molar refractivity (Wildman–Crippen MR) is 132 cm³/mol. The second-order valence-corrected chi connectivity index (χ2v) is 9.23. The highest BCUT2D eigenvalue weighted by atomic mass is 32.1. The van der Waals surface area contributed by atoms with Gasteiger partial charge in [0, 0.05) is 37.3 Å². The average Bonchev–Trinajstić information content (AvgIpc) is 3.41. The molecule has 0 saturated carbocycles. The molecular weight excluding hydrogens is 437 g/mol. The maximum Gasteiger partial charge on any atom is 0.265 e. The van der Waals surface area contributed by atoms with Crippen LogP contribution in [0.15, 0.2) is 54.6 Å². The average molecular weight is 464 g/mol. The van der Waals surface area contributed by atoms with Gasteiger partial charge in [-0.1, -0.05) is 25.1 Å². The Morgan fingerprint density at radius 1 is 1.09 bits per heavy atom. The minimum atomic E-state index is -0.315. The molecule has 8 heteroatoms. The number of aromatic nitrogens is 2. The molecule has 2 aromatic carbocycles. The number of anilines is 2. The summed E-state index contributed by atoms with van der Waals surface area (Å²) in [6.45, 7) is 8.56. The number of benzene rings is 2. The molecule has 5 rings (SSSR count). The van der Waals surface area contributed by atoms with E-state index >= 15 is 0 Å². The SMILES string of the molecule is CCN1CCN(c2ccc(NC(=O)c3cc4c(C)nn(-c5ccccc5)c4s3)cc2F)CC1. The number of hydrogen-bond donors (Lipinski definition) is 1. The van der Waals surface area contributed by atoms with Crippen molar-refractivity contribution in [1.29, 1.82) is 0 Å². The minimum absolute atomic E-state index is 0.251. The third-order valence-corrected chi connectivity index (χ3v) is 7.24. The van der Waals surface area contributed by atoms with Crippen molar-refractivity contribution in [2.24, 2.45) is 0 Å². The summed E-state index contributed by atoms with van der Waals surface area (Å²) >= 11 is 1.38. The fourth-order valence-electron chi connectivity index (χ4n) is 4.24. The van der Waals surface area contributed by atoms with Crippen LogP contribution in [0.3, 0.4) is 0 Å². The number of thiophene rings is 1. The van der Waals surface area contributed by atoms with Gasteiger partial charge >= 0.3 is 0 Å². The van der Waals surface area contributed by atoms with Crippen molar-refractivity contribution in [1.82, 2.24) is 14.7 Å². The number of likely N-dealkylation sites (N-methyl/N-ethyl adjacent to an activating group) is 1. The molecule has 1 saturated heterocycles. The van der Waals surface area contributed by atoms with Crippen molar-refractivity contribution in [2.45, 2.75) is 13.8 Å². The molecule has 0 radical (unpaired) electrons. The molecule has 6 nitrogen and oxygen atoms in total. The van der Waals surface area contributed by atoms with Gasteiger partial charge in [-0.05, 0) is 49.9 Å². The van der Waals surface area contributed by atoms with Crippen LogP contribution < -0.4 is 10.2 Å². The molecule has 1 aliphatic heterocycles. The van der Waals surface area contributed by atoms with Gasteiger partial charge in [-0.15, -0.1) is 11.3 Å². The van der Waals surface area contributed by atoms with Gasteiger partial charge in [0.15, 0.2) is 0 Å². The van der Waals surface area contributed by atoms with Crippen LogP contribution in [0.4, 0.5) is 15.8 Å². The molecule has 4 aromatic rings. The van der Waals surface area contributed by atoms with Crippen molar-refractivity contribution in [3.63, 3.8) is 0 Å². The standard InChI is InChI=1S/C25H26FN5OS/c1-3-29-11-13-30(14-12-29)22-10-9-18(15-21(22)26)27-24(32)23-16-20-17(2)28-31(25(20)33-23)19-7-5-4-6-8-19/h4-10,15-16H,3,11-14H2,1-2H3,(H,27,32). The zero-order chi connectivity index (χ0) is 22.9. The Kier molecular flexibility index (Phi) is 5.86. The zero-order valence-electron chi connectivity index (χ0n) is 18.7. The lowest BCUT2D eigenvalue weighted by Crippen LogP contribution is -2.46. The van der Waals surface area contributed by atoms with E-state index in [1.165, 1.54) is 17.4 Å². The molecule has 33 heavy (non-hydrogen) atoms. The van der Waals surface area contributed by atoms with E-state index in [4.69, 9.17) is 0 Å². The zero-order valence-corrected chi connectivity index (χ0v) is 19.5. The first kappa shape index (κ1) is 21.6. The molecule has 2 aromatic heterocycles. The summed E-state index contributed by atoms with van der Waals surface area (Å²) < 4.78 is 16.7. The van der Waals surface area contributed by atoms with Crippen molar-refractivity contribution in [2.75, 3.05) is 42.9 Å². The molecule has 1 aliphatic rings. The molecule has 1 N–H and O–H groups in total. The highest BCUT2D eigenvalue weighted by Gasteiger charge is 2.20. The predicted octanol–water partition coefficient (Wildman–Crippen LogP) is 4.93. The van der Waals surface area contributed by atoms with Crippen LogP contribution in [-0.2, 0) is 0 Å². The number of carbonyl (C=O) groups is 1. The Balaban J connectivity index is 1.34. The van der Waals surface area contributed by atoms with Gasteiger partial charge < -0.3 is 15.1 Å². The molecule has 0 bridgehead atoms. The lowest BCUT2D eigenvalue weighted by atomic mass is 10.2. The van der Waals surface area contributed by atoms with E-state index in [0.29, 0.717) is 16.3 Å². The number of amides is 1. The van der Waals surface area contributed by atoms with Gasteiger partial charge in [0.05, 0.1) is 21.9 Å². The molecule has 0 spiro atoms. The lowest BCUT2D eigenvalue weighted by molar-refractivity contribution is 0.103. The Morgan fingerprint density at radius 3 is 2.55 bits per heavy atom. The molecule has 0 atom stereocenters. The number of fused-ring (bicyclic) bond motifs is 1. The summed E-state index contributed by atoms with van der Waals surface area (Å²) in [6.07, 6.45) is 0. The molecule has 3 heterocycles. The number of nitrogens with zero attached hydrogens (tertiary/aromatic N) is 4. The molecule has 170 valence electrons. The number of hydrogen-bond acceptors (Lipinski definition) is 5. The Labute approximate surface area is 196 Å². The maximum absolute atomic E-state index is 14.9. The fraction of sp³-hybridized carbons (Fsp3) is 0.280. The summed E-state index contributed by atoms with van der Waals surface area (Å²) in [5.74, 6) is -0.566. The van der Waals surface area contributed by atoms with Gasteiger partial charge in [-0.2, -0.15) is 5.10 Å². The van der Waals surface area contributed by atoms with Crippen LogP contribution in [0.1, 0.15) is 22.3 Å². The molecule has 1 amide bonds. The quantitative estimate of drug-likeness (QED) is 0.456. The summed E-state index contributed by atoms with van der Waals surface area (Å²) in [4.78, 5) is 18.8. The highest BCUT2D eigenvalue weighted by Crippen LogP contribution is 2.31. The van der Waals surface area contributed by atoms with E-state index in [2.05, 4.69) is 27.1 Å². The summed E-state index contributed by atoms with van der Waals surface area (Å²) in [7, 11) is 0. The van der Waals surface area contributed by atoms with Gasteiger partial charge in [0.2, 0.25) is 0 Å². The van der Waals surface area contributed by atoms with Gasteiger partial charge in [0.1, 0.15) is 10.6 Å². The summed E-state index contributed by atoms with van der Waals surface area (Å²) in [5, 5.41) is 8.41. The van der Waals surface area contributed by atoms with E-state index in [9.17, 15) is 9.18 Å². The van der Waals surface area contributed by atoms with Crippen molar-refractivity contribution in [3.05, 3.63) is 71.0 Å². The van der Waals surface area contributed by atoms with E-state index in [1.807, 2.05) is 48.0 Å². The fourth-order valence-corrected chi connectivity index (χ4v) is 5.32. The van der Waals surface area contributed by atoms with Crippen LogP contribution in [0.25, 0.3) is 15.9 Å². The second-order valence-electron chi connectivity index (χ2n) is 8.20. The number of halogens is 1. The first-order chi connectivity index (χ1) is 16.0. The van der Waals surface area contributed by atoms with E-state index in [1.54, 1.807) is 12.1 Å². The maximum atomic E-state index is 14.9. The van der Waals surface area contributed by atoms with Crippen LogP contribution >= 0.6 is 11.3 Å². The third-order valence-electron chi connectivity index (χ3n) is 6.13. The Bertz CT molecular complexity index is 1290. The topological polar surface area (TPSA) is 53.4 Å². The number of aryl methyl sites for hydroxylation is 1. The van der Waals surface area contributed by atoms with E-state index in [0.717, 1.165) is 54.3 Å². The Morgan fingerprint density at radius 2 is 1.85 bits per heavy atom. The molecule has 1 fully saturated rings. The number of para-hydroxylation sites is 1. The summed E-state index contributed by atoms with van der Waals surface area (Å²) in [5.41, 5.74) is 2.85. The molecule has 0 unspecified atom stereocenters. The van der Waals surface area contributed by atoms with Crippen molar-refractivity contribution < 1.29 is 9.18 Å². The van der Waals surface area contributed by atoms with Gasteiger partial charge in [-0.25, -0.2) is 9.07 Å². The second kappa shape index (κ2) is 8.96. The smallest absolute Gasteiger partial charge is 0.265 e. The monoisotopic (exact) mass is 463 g/mol. The van der Waals surface area contributed by atoms with Crippen molar-refractivity contribution in [3.8, 4) is 5.69 Å². The van der Waals surface area contributed by atoms with Crippen LogP contribution in [0, 0.1) is 12.7 Å². The Hall–Kier alpha value is -3.23. The highest BCUT2D eigenvalue weighted by molar-refractivity contribution is 7.20. The third kappa shape index (κ3) is 4.24. The van der Waals surface area contributed by atoms with Crippen LogP contribution in [0.5, 0.6) is 0 Å². The van der Waals surface area contributed by atoms with Crippen LogP contribution in [0.2, 0.25) is 0 Å². The van der Waals surface area contributed by atoms with Gasteiger partial charge in [-0.3, -0.25) is 4.79 Å². The normalized spacial score (nSPS) is 14.7. The first-order valence-electron chi connectivity index (χ1n) is 11.2. The number of nitrogens with one attached hydrogen (secondary N) is 1. The largest absolute Gasteiger partial charge is 0.367 e. The van der Waals surface area contributed by atoms with E-state index in [-0.39, 0.29) is 11.7 Å². The number of piperazine rings is 1. The minimum Gasteiger partial charge on any atom is -0.367 e. The molecular formula is C25H26FN5OS. The first-order valence-corrected chi connectivity index (χ1v) is 12.0. The number of rotatable bonds is 5.